The zero-order chi connectivity index (χ0) is 86.3. The fraction of sp³-hybridized carbons (Fsp3) is 0.739. The third kappa shape index (κ3) is 13.4. The number of hydrogen-bond acceptors (Lipinski definition) is 20. The molecule has 25 heteroatoms. The predicted octanol–water partition coefficient (Wildman–Crippen LogP) is 19.0. The molecule has 4 aromatic rings. The molecule has 652 valence electrons. The van der Waals surface area contributed by atoms with Crippen molar-refractivity contribution < 1.29 is 76.5 Å². The van der Waals surface area contributed by atoms with E-state index < -0.39 is 55.4 Å². The van der Waals surface area contributed by atoms with Crippen LogP contribution in [0.15, 0.2) is 49.9 Å². The molecule has 0 unspecified atom stereocenters. The van der Waals surface area contributed by atoms with Crippen molar-refractivity contribution in [2.45, 2.75) is 280 Å². The van der Waals surface area contributed by atoms with E-state index in [1.165, 1.54) is 60.2 Å². The lowest BCUT2D eigenvalue weighted by atomic mass is 9.42. The van der Waals surface area contributed by atoms with Crippen molar-refractivity contribution in [1.29, 1.82) is 0 Å². The standard InChI is InChI=1S/C23H33NO6S.2C23H35NO4S.C23H34O4S/c1-21(2)9-7-10-22(3)16(21)8-11-23(4)17(22)13-31(27,28)20-18(23)14(29-5)12-15(30-6)19(20)24(25)26;2*1-21(2)9-7-10-22(3)16(21)8-11-23(4)17(22)13-29(25,26)20-18(23)14(27-5)12-15(28-6)19(20)24;1-21(2)9-7-10-22(3)18(21)8-11-23(4)19(22)14-28(24,25)17-13-15(26-5)12-16(27-6)20(17)23/h12,16-17H,7-11,13H2,1-6H3;2*12,16-17H,7-11,13,24H2,1-6H3;12-13,18-19H,7-11,14H2,1-6H3/t3*16-,17+,22-,23+;18-,19+,22-,23+/m0000/s1. The highest BCUT2D eigenvalue weighted by Gasteiger charge is 2.69. The third-order valence-electron chi connectivity index (χ3n) is 34.9. The van der Waals surface area contributed by atoms with E-state index in [4.69, 9.17) is 49.4 Å². The number of anilines is 2. The van der Waals surface area contributed by atoms with Gasteiger partial charge in [0.15, 0.2) is 44.2 Å². The molecule has 16 atom stereocenters. The Morgan fingerprint density at radius 2 is 0.573 bits per heavy atom. The van der Waals surface area contributed by atoms with Gasteiger partial charge < -0.3 is 49.4 Å². The molecule has 0 radical (unpaired) electrons. The molecule has 4 aromatic carbocycles. The topological polar surface area (TPSA) is 306 Å². The fourth-order valence-corrected chi connectivity index (χ4v) is 39.4. The van der Waals surface area contributed by atoms with Crippen LogP contribution in [0.5, 0.6) is 46.0 Å². The maximum absolute atomic E-state index is 13.7. The first kappa shape index (κ1) is 88.9. The van der Waals surface area contributed by atoms with E-state index in [1.807, 2.05) is 6.07 Å². The van der Waals surface area contributed by atoms with Crippen LogP contribution >= 0.6 is 0 Å². The van der Waals surface area contributed by atoms with Gasteiger partial charge in [0.05, 0.1) is 101 Å². The normalized spacial score (nSPS) is 36.8. The number of benzene rings is 4. The Labute approximate surface area is 699 Å². The van der Waals surface area contributed by atoms with Gasteiger partial charge in [0.25, 0.3) is 0 Å². The van der Waals surface area contributed by atoms with E-state index in [1.54, 1.807) is 46.6 Å². The molecule has 21 nitrogen and oxygen atoms in total. The quantitative estimate of drug-likeness (QED) is 0.0893. The molecule has 8 aliphatic carbocycles. The summed E-state index contributed by atoms with van der Waals surface area (Å²) < 4.78 is 153. The van der Waals surface area contributed by atoms with Gasteiger partial charge in [-0.3, -0.25) is 10.1 Å². The highest BCUT2D eigenvalue weighted by Crippen LogP contribution is 2.74. The molecule has 117 heavy (non-hydrogen) atoms. The number of fused-ring (bicyclic) bond motifs is 20. The number of nitro benzene ring substituents is 1. The number of nitrogen functional groups attached to an aromatic ring is 2. The second-order valence-electron chi connectivity index (χ2n) is 42.4. The summed E-state index contributed by atoms with van der Waals surface area (Å²) in [6.45, 7) is 37.0. The number of nitrogens with zero attached hydrogens (tertiary/aromatic N) is 1. The van der Waals surface area contributed by atoms with Crippen molar-refractivity contribution in [2.75, 3.05) is 91.4 Å². The van der Waals surface area contributed by atoms with Crippen LogP contribution in [0.3, 0.4) is 0 Å². The largest absolute Gasteiger partial charge is 0.497 e. The molecule has 16 rings (SSSR count). The van der Waals surface area contributed by atoms with E-state index in [2.05, 4.69) is 111 Å². The molecule has 4 N–H and O–H groups in total. The van der Waals surface area contributed by atoms with Crippen LogP contribution in [0.25, 0.3) is 0 Å². The molecule has 12 aliphatic rings. The van der Waals surface area contributed by atoms with Gasteiger partial charge in [0.1, 0.15) is 50.0 Å². The Kier molecular flexibility index (Phi) is 22.3. The summed E-state index contributed by atoms with van der Waals surface area (Å²) in [5, 5.41) is 12.0. The minimum atomic E-state index is -3.92. The van der Waals surface area contributed by atoms with Crippen molar-refractivity contribution in [1.82, 2.24) is 0 Å². The smallest absolute Gasteiger partial charge is 0.330 e. The Hall–Kier alpha value is -5.92. The highest BCUT2D eigenvalue weighted by atomic mass is 32.2. The second kappa shape index (κ2) is 29.4. The molecule has 0 bridgehead atoms. The van der Waals surface area contributed by atoms with Gasteiger partial charge in [0.2, 0.25) is 5.75 Å². The maximum Gasteiger partial charge on any atom is 0.330 e. The molecule has 8 saturated carbocycles. The number of nitrogens with two attached hydrogens (primary N) is 2. The van der Waals surface area contributed by atoms with Gasteiger partial charge in [0, 0.05) is 68.2 Å². The number of ether oxygens (including phenoxy) is 8. The summed E-state index contributed by atoms with van der Waals surface area (Å²) >= 11 is 0. The van der Waals surface area contributed by atoms with Crippen LogP contribution in [0.4, 0.5) is 17.1 Å². The fourth-order valence-electron chi connectivity index (χ4n) is 29.7. The highest BCUT2D eigenvalue weighted by molar-refractivity contribution is 7.92. The summed E-state index contributed by atoms with van der Waals surface area (Å²) in [7, 11) is -2.23. The Balaban J connectivity index is 0.000000136. The molecule has 4 aliphatic heterocycles. The molecular formula is C92H137N3O18S4. The number of rotatable bonds is 9. The van der Waals surface area contributed by atoms with Gasteiger partial charge in [-0.2, -0.15) is 0 Å². The number of methoxy groups -OCH3 is 8. The average molecular weight is 1700 g/mol. The molecule has 0 amide bonds. The van der Waals surface area contributed by atoms with Crippen molar-refractivity contribution in [3.63, 3.8) is 0 Å². The van der Waals surface area contributed by atoms with Gasteiger partial charge >= 0.3 is 5.69 Å². The first-order valence-electron chi connectivity index (χ1n) is 42.9. The van der Waals surface area contributed by atoms with Crippen molar-refractivity contribution in [3.8, 4) is 46.0 Å². The van der Waals surface area contributed by atoms with E-state index in [-0.39, 0.29) is 138 Å². The summed E-state index contributed by atoms with van der Waals surface area (Å²) in [5.41, 5.74) is 15.0. The SMILES string of the molecule is COc1cc(OC)c2c(c1)S(=O)(=O)C[C@@H]1[C@@]3(C)CCCC(C)(C)[C@@H]3CC[C@@]21C.COc1cc(OC)c2c(c1N)S(=O)(=O)C[C@@H]1[C@@]3(C)CCCC(C)(C)[C@@H]3CC[C@@]21C.COc1cc(OC)c2c(c1N)S(=O)(=O)C[C@@H]1[C@@]3(C)CCCC(C)(C)[C@@H]3CC[C@@]21C.COc1cc(OC)c2c(c1[N+](=O)[O-])S(=O)(=O)C[C@@H]1[C@@]3(C)CCCC(C)(C)[C@@H]3CC[C@@]21C. The van der Waals surface area contributed by atoms with Crippen LogP contribution in [0.1, 0.15) is 261 Å². The minimum Gasteiger partial charge on any atom is -0.497 e. The lowest BCUT2D eigenvalue weighted by molar-refractivity contribution is -0.389. The van der Waals surface area contributed by atoms with Crippen LogP contribution < -0.4 is 49.4 Å². The molecule has 0 spiro atoms. The molecule has 4 heterocycles. The Morgan fingerprint density at radius 1 is 0.316 bits per heavy atom. The van der Waals surface area contributed by atoms with Crippen molar-refractivity contribution in [3.05, 3.63) is 62.7 Å². The first-order valence-corrected chi connectivity index (χ1v) is 49.5. The Morgan fingerprint density at radius 3 is 0.855 bits per heavy atom. The average Bonchev–Trinajstić information content (AvgIpc) is 0.691. The predicted molar refractivity (Wildman–Crippen MR) is 459 cm³/mol. The van der Waals surface area contributed by atoms with Gasteiger partial charge in [-0.15, -0.1) is 0 Å². The molecule has 0 aromatic heterocycles. The van der Waals surface area contributed by atoms with E-state index in [9.17, 15) is 43.8 Å². The minimum absolute atomic E-state index is 0.0147. The molecule has 0 saturated heterocycles. The third-order valence-corrected chi connectivity index (χ3v) is 42.1. The molecular weight excluding hydrogens is 1560 g/mol. The van der Waals surface area contributed by atoms with Crippen LogP contribution in [-0.4, -0.2) is 118 Å². The first-order chi connectivity index (χ1) is 54.2. The summed E-state index contributed by atoms with van der Waals surface area (Å²) in [6.07, 6.45) is 21.6. The van der Waals surface area contributed by atoms with Crippen LogP contribution in [0, 0.1) is 101 Å². The molecule has 8 fully saturated rings. The number of sulfone groups is 4. The Bertz CT molecular complexity index is 4960. The summed E-state index contributed by atoms with van der Waals surface area (Å²) in [5.74, 6) is 5.96. The van der Waals surface area contributed by atoms with Gasteiger partial charge in [-0.25, -0.2) is 33.7 Å². The van der Waals surface area contributed by atoms with E-state index >= 15 is 0 Å². The van der Waals surface area contributed by atoms with Gasteiger partial charge in [-0.05, 0) is 199 Å². The van der Waals surface area contributed by atoms with E-state index in [0.29, 0.717) is 74.4 Å². The summed E-state index contributed by atoms with van der Waals surface area (Å²) in [4.78, 5) is 12.1. The van der Waals surface area contributed by atoms with Crippen LogP contribution in [0.2, 0.25) is 0 Å². The monoisotopic (exact) mass is 1700 g/mol. The van der Waals surface area contributed by atoms with Crippen LogP contribution in [-0.2, 0) is 61.0 Å². The lowest BCUT2D eigenvalue weighted by Gasteiger charge is -2.63. The second-order valence-corrected chi connectivity index (χ2v) is 50.3. The van der Waals surface area contributed by atoms with Gasteiger partial charge in [-0.1, -0.05) is 136 Å². The zero-order valence-electron chi connectivity index (χ0n) is 74.6. The lowest BCUT2D eigenvalue weighted by Crippen LogP contribution is -2.60. The number of hydrogen-bond donors (Lipinski definition) is 2. The number of nitro groups is 1. The maximum atomic E-state index is 13.7. The van der Waals surface area contributed by atoms with Crippen molar-refractivity contribution >= 4 is 56.4 Å². The zero-order valence-corrected chi connectivity index (χ0v) is 77.8. The summed E-state index contributed by atoms with van der Waals surface area (Å²) in [6, 6.07) is 8.56. The van der Waals surface area contributed by atoms with E-state index in [0.717, 1.165) is 119 Å². The van der Waals surface area contributed by atoms with Crippen molar-refractivity contribution in [2.24, 2.45) is 90.7 Å².